The van der Waals surface area contributed by atoms with Crippen LogP contribution in [0, 0.1) is 17.6 Å². The van der Waals surface area contributed by atoms with Crippen molar-refractivity contribution in [1.82, 2.24) is 5.32 Å². The first kappa shape index (κ1) is 14.3. The third kappa shape index (κ3) is 4.20. The van der Waals surface area contributed by atoms with Crippen LogP contribution in [0.1, 0.15) is 19.4 Å². The molecule has 1 aromatic carbocycles. The molecule has 1 unspecified atom stereocenters. The van der Waals surface area contributed by atoms with Crippen molar-refractivity contribution in [3.63, 3.8) is 0 Å². The molecule has 0 saturated carbocycles. The topological polar surface area (TPSA) is 24.4 Å². The summed E-state index contributed by atoms with van der Waals surface area (Å²) in [5.41, 5.74) is 0.661. The average Bonchev–Trinajstić information content (AvgIpc) is 2.76. The van der Waals surface area contributed by atoms with Gasteiger partial charge in [-0.25, -0.2) is 8.78 Å². The summed E-state index contributed by atoms with van der Waals surface area (Å²) < 4.78 is 26.0. The van der Waals surface area contributed by atoms with Crippen molar-refractivity contribution in [2.24, 2.45) is 10.9 Å². The minimum absolute atomic E-state index is 0.526. The number of thioether (sulfide) groups is 1. The normalized spacial score (nSPS) is 18.8. The molecule has 5 heteroatoms. The molecule has 0 saturated heterocycles. The first-order chi connectivity index (χ1) is 9.04. The number of benzene rings is 1. The van der Waals surface area contributed by atoms with Gasteiger partial charge in [0.25, 0.3) is 0 Å². The molecule has 0 aromatic heterocycles. The number of nitrogens with one attached hydrogen (secondary N) is 1. The fraction of sp³-hybridized carbons (Fsp3) is 0.500. The molecule has 0 radical (unpaired) electrons. The van der Waals surface area contributed by atoms with Gasteiger partial charge in [-0.2, -0.15) is 0 Å². The Bertz CT molecular complexity index is 454. The monoisotopic (exact) mass is 284 g/mol. The van der Waals surface area contributed by atoms with Gasteiger partial charge in [0, 0.05) is 17.9 Å². The number of halogens is 2. The molecule has 2 nitrogen and oxygen atoms in total. The van der Waals surface area contributed by atoms with Crippen LogP contribution in [0.3, 0.4) is 0 Å². The van der Waals surface area contributed by atoms with Gasteiger partial charge in [0.05, 0.1) is 6.54 Å². The molecule has 2 rings (SSSR count). The van der Waals surface area contributed by atoms with Crippen LogP contribution in [-0.4, -0.2) is 23.5 Å². The molecule has 1 heterocycles. The van der Waals surface area contributed by atoms with E-state index in [0.717, 1.165) is 17.8 Å². The van der Waals surface area contributed by atoms with E-state index >= 15 is 0 Å². The van der Waals surface area contributed by atoms with Crippen molar-refractivity contribution >= 4 is 16.9 Å². The van der Waals surface area contributed by atoms with Crippen molar-refractivity contribution < 1.29 is 8.78 Å². The van der Waals surface area contributed by atoms with E-state index in [-0.39, 0.29) is 0 Å². The third-order valence-electron chi connectivity index (χ3n) is 3.03. The highest BCUT2D eigenvalue weighted by molar-refractivity contribution is 8.14. The predicted molar refractivity (Wildman–Crippen MR) is 76.6 cm³/mol. The molecule has 1 atom stereocenters. The van der Waals surface area contributed by atoms with Gasteiger partial charge in [-0.3, -0.25) is 4.99 Å². The molecule has 0 aliphatic carbocycles. The summed E-state index contributed by atoms with van der Waals surface area (Å²) in [6.45, 7) is 5.86. The van der Waals surface area contributed by atoms with Crippen LogP contribution in [0.15, 0.2) is 23.2 Å². The maximum atomic E-state index is 13.0. The van der Waals surface area contributed by atoms with E-state index in [2.05, 4.69) is 24.2 Å². The van der Waals surface area contributed by atoms with E-state index in [1.807, 2.05) is 0 Å². The first-order valence-electron chi connectivity index (χ1n) is 6.44. The lowest BCUT2D eigenvalue weighted by Crippen LogP contribution is -2.23. The van der Waals surface area contributed by atoms with E-state index in [1.54, 1.807) is 11.8 Å². The van der Waals surface area contributed by atoms with Gasteiger partial charge in [-0.1, -0.05) is 25.6 Å². The molecule has 0 bridgehead atoms. The zero-order chi connectivity index (χ0) is 13.8. The van der Waals surface area contributed by atoms with Crippen molar-refractivity contribution in [2.75, 3.05) is 13.1 Å². The van der Waals surface area contributed by atoms with Gasteiger partial charge < -0.3 is 5.32 Å². The molecule has 0 amide bonds. The summed E-state index contributed by atoms with van der Waals surface area (Å²) in [4.78, 5) is 4.43. The molecule has 1 aromatic rings. The Hall–Kier alpha value is -1.10. The molecular formula is C14H18F2N2S. The number of hydrogen-bond acceptors (Lipinski definition) is 3. The maximum absolute atomic E-state index is 13.0. The minimum Gasteiger partial charge on any atom is -0.365 e. The number of amidine groups is 1. The number of nitrogens with zero attached hydrogens (tertiary/aromatic N) is 1. The van der Waals surface area contributed by atoms with E-state index < -0.39 is 11.6 Å². The first-order valence-corrected chi connectivity index (χ1v) is 7.32. The molecule has 1 N–H and O–H groups in total. The highest BCUT2D eigenvalue weighted by atomic mass is 32.2. The lowest BCUT2D eigenvalue weighted by molar-refractivity contribution is 0.579. The van der Waals surface area contributed by atoms with Crippen LogP contribution in [0.25, 0.3) is 0 Å². The van der Waals surface area contributed by atoms with Gasteiger partial charge in [0.1, 0.15) is 11.6 Å². The van der Waals surface area contributed by atoms with Crippen molar-refractivity contribution in [1.29, 1.82) is 0 Å². The van der Waals surface area contributed by atoms with Crippen LogP contribution >= 0.6 is 11.8 Å². The zero-order valence-electron chi connectivity index (χ0n) is 11.1. The number of aliphatic imine (C=N–C) groups is 1. The quantitative estimate of drug-likeness (QED) is 0.918. The summed E-state index contributed by atoms with van der Waals surface area (Å²) in [6.07, 6.45) is 0.584. The summed E-state index contributed by atoms with van der Waals surface area (Å²) >= 11 is 1.75. The van der Waals surface area contributed by atoms with Gasteiger partial charge >= 0.3 is 0 Å². The van der Waals surface area contributed by atoms with Crippen LogP contribution < -0.4 is 5.32 Å². The van der Waals surface area contributed by atoms with Crippen molar-refractivity contribution in [2.45, 2.75) is 25.5 Å². The van der Waals surface area contributed by atoms with Crippen LogP contribution in [0.4, 0.5) is 8.78 Å². The van der Waals surface area contributed by atoms with Gasteiger partial charge in [0.15, 0.2) is 5.17 Å². The Morgan fingerprint density at radius 3 is 2.58 bits per heavy atom. The lowest BCUT2D eigenvalue weighted by Gasteiger charge is -2.12. The predicted octanol–water partition coefficient (Wildman–Crippen LogP) is 3.22. The fourth-order valence-corrected chi connectivity index (χ4v) is 2.95. The molecular weight excluding hydrogens is 266 g/mol. The largest absolute Gasteiger partial charge is 0.365 e. The molecule has 0 fully saturated rings. The van der Waals surface area contributed by atoms with Gasteiger partial charge in [-0.15, -0.1) is 0 Å². The highest BCUT2D eigenvalue weighted by Gasteiger charge is 2.21. The van der Waals surface area contributed by atoms with Crippen molar-refractivity contribution in [3.05, 3.63) is 35.4 Å². The van der Waals surface area contributed by atoms with E-state index in [9.17, 15) is 8.78 Å². The summed E-state index contributed by atoms with van der Waals surface area (Å²) in [5, 5.41) is 4.70. The summed E-state index contributed by atoms with van der Waals surface area (Å²) in [5.74, 6) is -0.449. The number of rotatable bonds is 4. The second-order valence-corrected chi connectivity index (χ2v) is 6.23. The van der Waals surface area contributed by atoms with E-state index in [0.29, 0.717) is 29.7 Å². The van der Waals surface area contributed by atoms with Gasteiger partial charge in [0.2, 0.25) is 0 Å². The third-order valence-corrected chi connectivity index (χ3v) is 4.53. The second kappa shape index (κ2) is 6.37. The van der Waals surface area contributed by atoms with E-state index in [4.69, 9.17) is 0 Å². The average molecular weight is 284 g/mol. The fourth-order valence-electron chi connectivity index (χ4n) is 1.90. The Kier molecular flexibility index (Phi) is 4.80. The molecule has 0 spiro atoms. The van der Waals surface area contributed by atoms with Crippen LogP contribution in [0.2, 0.25) is 0 Å². The maximum Gasteiger partial charge on any atom is 0.156 e. The Morgan fingerprint density at radius 2 is 2.00 bits per heavy atom. The van der Waals surface area contributed by atoms with Gasteiger partial charge in [-0.05, 0) is 30.0 Å². The number of hydrogen-bond donors (Lipinski definition) is 1. The Balaban J connectivity index is 1.78. The SMILES string of the molecule is CC(C)C1CN=C(NCCc2cc(F)cc(F)c2)S1. The molecule has 19 heavy (non-hydrogen) atoms. The van der Waals surface area contributed by atoms with Crippen LogP contribution in [0.5, 0.6) is 0 Å². The summed E-state index contributed by atoms with van der Waals surface area (Å²) in [7, 11) is 0. The Morgan fingerprint density at radius 1 is 1.32 bits per heavy atom. The van der Waals surface area contributed by atoms with E-state index in [1.165, 1.54) is 12.1 Å². The summed E-state index contributed by atoms with van der Waals surface area (Å²) in [6, 6.07) is 3.62. The molecule has 1 aliphatic heterocycles. The zero-order valence-corrected chi connectivity index (χ0v) is 11.9. The highest BCUT2D eigenvalue weighted by Crippen LogP contribution is 2.25. The van der Waals surface area contributed by atoms with Crippen LogP contribution in [-0.2, 0) is 6.42 Å². The standard InChI is InChI=1S/C14H18F2N2S/c1-9(2)13-8-18-14(19-13)17-4-3-10-5-11(15)7-12(16)6-10/h5-7,9,13H,3-4,8H2,1-2H3,(H,17,18). The Labute approximate surface area is 116 Å². The minimum atomic E-state index is -0.526. The molecule has 1 aliphatic rings. The smallest absolute Gasteiger partial charge is 0.156 e. The van der Waals surface area contributed by atoms with Crippen molar-refractivity contribution in [3.8, 4) is 0 Å². The second-order valence-electron chi connectivity index (χ2n) is 5.00. The molecule has 104 valence electrons. The lowest BCUT2D eigenvalue weighted by atomic mass is 10.1.